The van der Waals surface area contributed by atoms with E-state index < -0.39 is 0 Å². The van der Waals surface area contributed by atoms with Crippen molar-refractivity contribution >= 4 is 0 Å². The third kappa shape index (κ3) is 1.37. The van der Waals surface area contributed by atoms with Gasteiger partial charge in [0.2, 0.25) is 5.88 Å². The molecule has 0 bridgehead atoms. The lowest BCUT2D eigenvalue weighted by atomic mass is 10.3. The van der Waals surface area contributed by atoms with Gasteiger partial charge >= 0.3 is 0 Å². The van der Waals surface area contributed by atoms with Gasteiger partial charge < -0.3 is 9.72 Å². The summed E-state index contributed by atoms with van der Waals surface area (Å²) in [6, 6.07) is 3.68. The minimum absolute atomic E-state index is 0.0563. The fraction of sp³-hybridized carbons (Fsp3) is 0.111. The maximum absolute atomic E-state index is 8.76. The van der Waals surface area contributed by atoms with Crippen molar-refractivity contribution in [1.82, 2.24) is 20.2 Å². The summed E-state index contributed by atoms with van der Waals surface area (Å²) >= 11 is 0. The number of nitriles is 2. The van der Waals surface area contributed by atoms with Crippen LogP contribution in [-0.2, 0) is 0 Å². The van der Waals surface area contributed by atoms with E-state index in [9.17, 15) is 0 Å². The SMILES string of the molecule is COc1[nH]ncc1-c1nc(C#N)c(C#N)[nH]1. The maximum Gasteiger partial charge on any atom is 0.220 e. The molecule has 0 atom stereocenters. The number of nitrogens with zero attached hydrogens (tertiary/aromatic N) is 4. The van der Waals surface area contributed by atoms with E-state index in [0.29, 0.717) is 17.3 Å². The quantitative estimate of drug-likeness (QED) is 0.757. The lowest BCUT2D eigenvalue weighted by molar-refractivity contribution is 0.398. The Balaban J connectivity index is 2.55. The molecule has 0 aromatic carbocycles. The van der Waals surface area contributed by atoms with Gasteiger partial charge in [0.25, 0.3) is 0 Å². The molecule has 0 saturated heterocycles. The molecular formula is C9H6N6O. The van der Waals surface area contributed by atoms with Crippen LogP contribution in [0, 0.1) is 22.7 Å². The summed E-state index contributed by atoms with van der Waals surface area (Å²) in [6.45, 7) is 0. The van der Waals surface area contributed by atoms with Crippen LogP contribution in [0.2, 0.25) is 0 Å². The van der Waals surface area contributed by atoms with Gasteiger partial charge in [-0.15, -0.1) is 0 Å². The molecule has 2 aromatic rings. The summed E-state index contributed by atoms with van der Waals surface area (Å²) in [4.78, 5) is 6.70. The molecule has 0 fully saturated rings. The zero-order valence-corrected chi connectivity index (χ0v) is 8.27. The van der Waals surface area contributed by atoms with Gasteiger partial charge in [0.1, 0.15) is 18.0 Å². The number of H-pyrrole nitrogens is 2. The van der Waals surface area contributed by atoms with E-state index in [1.807, 2.05) is 12.1 Å². The summed E-state index contributed by atoms with van der Waals surface area (Å²) in [5.41, 5.74) is 0.752. The molecule has 0 amide bonds. The molecule has 16 heavy (non-hydrogen) atoms. The van der Waals surface area contributed by atoms with Crippen molar-refractivity contribution in [2.45, 2.75) is 0 Å². The molecule has 0 aliphatic rings. The van der Waals surface area contributed by atoms with E-state index >= 15 is 0 Å². The largest absolute Gasteiger partial charge is 0.481 e. The van der Waals surface area contributed by atoms with Crippen LogP contribution in [0.15, 0.2) is 6.20 Å². The van der Waals surface area contributed by atoms with Gasteiger partial charge in [0.05, 0.1) is 18.9 Å². The number of aromatic nitrogens is 4. The molecule has 0 unspecified atom stereocenters. The molecule has 7 nitrogen and oxygen atoms in total. The fourth-order valence-electron chi connectivity index (χ4n) is 1.26. The molecule has 2 N–H and O–H groups in total. The number of hydrogen-bond donors (Lipinski definition) is 2. The smallest absolute Gasteiger partial charge is 0.220 e. The highest BCUT2D eigenvalue weighted by molar-refractivity contribution is 5.62. The Kier molecular flexibility index (Phi) is 2.28. The van der Waals surface area contributed by atoms with Crippen molar-refractivity contribution < 1.29 is 4.74 Å². The zero-order valence-electron chi connectivity index (χ0n) is 8.27. The Labute approximate surface area is 90.3 Å². The second kappa shape index (κ2) is 3.75. The summed E-state index contributed by atoms with van der Waals surface area (Å²) in [5, 5.41) is 23.9. The van der Waals surface area contributed by atoms with Crippen molar-refractivity contribution in [3.63, 3.8) is 0 Å². The topological polar surface area (TPSA) is 114 Å². The van der Waals surface area contributed by atoms with E-state index in [0.717, 1.165) is 0 Å². The van der Waals surface area contributed by atoms with Gasteiger partial charge in [0.15, 0.2) is 11.4 Å². The van der Waals surface area contributed by atoms with Crippen LogP contribution in [0.5, 0.6) is 5.88 Å². The van der Waals surface area contributed by atoms with Gasteiger partial charge in [-0.05, 0) is 0 Å². The summed E-state index contributed by atoms with van der Waals surface area (Å²) < 4.78 is 5.01. The average Bonchev–Trinajstić information content (AvgIpc) is 2.93. The van der Waals surface area contributed by atoms with Crippen LogP contribution in [0.3, 0.4) is 0 Å². The molecule has 0 spiro atoms. The van der Waals surface area contributed by atoms with Crippen LogP contribution in [0.1, 0.15) is 11.4 Å². The first-order valence-electron chi connectivity index (χ1n) is 4.28. The van der Waals surface area contributed by atoms with Crippen molar-refractivity contribution in [3.8, 4) is 29.4 Å². The number of ether oxygens (including phenoxy) is 1. The normalized spacial score (nSPS) is 9.44. The number of aromatic amines is 2. The highest BCUT2D eigenvalue weighted by atomic mass is 16.5. The van der Waals surface area contributed by atoms with Crippen LogP contribution < -0.4 is 4.74 Å². The Morgan fingerprint density at radius 1 is 1.38 bits per heavy atom. The number of hydrogen-bond acceptors (Lipinski definition) is 5. The van der Waals surface area contributed by atoms with Crippen molar-refractivity contribution in [2.75, 3.05) is 7.11 Å². The van der Waals surface area contributed by atoms with Gasteiger partial charge in [-0.2, -0.15) is 15.6 Å². The zero-order chi connectivity index (χ0) is 11.5. The Morgan fingerprint density at radius 3 is 2.75 bits per heavy atom. The number of rotatable bonds is 2. The molecule has 0 radical (unpaired) electrons. The van der Waals surface area contributed by atoms with E-state index in [4.69, 9.17) is 15.3 Å². The molecule has 2 heterocycles. The first-order valence-corrected chi connectivity index (χ1v) is 4.28. The predicted octanol–water partition coefficient (Wildman–Crippen LogP) is 0.552. The second-order valence-electron chi connectivity index (χ2n) is 2.85. The first kappa shape index (κ1) is 9.74. The molecule has 2 rings (SSSR count). The van der Waals surface area contributed by atoms with Gasteiger partial charge in [0, 0.05) is 0 Å². The van der Waals surface area contributed by atoms with Gasteiger partial charge in [-0.25, -0.2) is 10.1 Å². The Hall–Kier alpha value is -2.80. The summed E-state index contributed by atoms with van der Waals surface area (Å²) in [5.74, 6) is 0.793. The molecule has 7 heteroatoms. The van der Waals surface area contributed by atoms with Crippen LogP contribution in [0.4, 0.5) is 0 Å². The van der Waals surface area contributed by atoms with Crippen molar-refractivity contribution in [1.29, 1.82) is 10.5 Å². The van der Waals surface area contributed by atoms with Crippen molar-refractivity contribution in [2.24, 2.45) is 0 Å². The van der Waals surface area contributed by atoms with E-state index in [1.54, 1.807) is 0 Å². The minimum atomic E-state index is 0.0563. The van der Waals surface area contributed by atoms with Crippen LogP contribution in [0.25, 0.3) is 11.4 Å². The first-order chi connectivity index (χ1) is 7.80. The van der Waals surface area contributed by atoms with Crippen molar-refractivity contribution in [3.05, 3.63) is 17.6 Å². The minimum Gasteiger partial charge on any atom is -0.481 e. The molecular weight excluding hydrogens is 208 g/mol. The van der Waals surface area contributed by atoms with Gasteiger partial charge in [-0.1, -0.05) is 0 Å². The fourth-order valence-corrected chi connectivity index (χ4v) is 1.26. The molecule has 78 valence electrons. The monoisotopic (exact) mass is 214 g/mol. The number of methoxy groups -OCH3 is 1. The van der Waals surface area contributed by atoms with Crippen LogP contribution >= 0.6 is 0 Å². The lowest BCUT2D eigenvalue weighted by Crippen LogP contribution is -1.86. The standard InChI is InChI=1S/C9H6N6O/c1-16-9-5(4-12-15-9)8-13-6(2-10)7(3-11)14-8/h4H,1H3,(H,12,15)(H,13,14). The molecule has 0 saturated carbocycles. The predicted molar refractivity (Wildman–Crippen MR) is 52.2 cm³/mol. The third-order valence-corrected chi connectivity index (χ3v) is 1.99. The lowest BCUT2D eigenvalue weighted by Gasteiger charge is -1.96. The number of nitrogens with one attached hydrogen (secondary N) is 2. The Bertz CT molecular complexity index is 565. The average molecular weight is 214 g/mol. The highest BCUT2D eigenvalue weighted by Gasteiger charge is 2.15. The summed E-state index contributed by atoms with van der Waals surface area (Å²) in [6.07, 6.45) is 1.50. The highest BCUT2D eigenvalue weighted by Crippen LogP contribution is 2.25. The van der Waals surface area contributed by atoms with E-state index in [-0.39, 0.29) is 11.4 Å². The van der Waals surface area contributed by atoms with Gasteiger partial charge in [-0.3, -0.25) is 0 Å². The maximum atomic E-state index is 8.76. The molecule has 0 aliphatic carbocycles. The van der Waals surface area contributed by atoms with E-state index in [2.05, 4.69) is 20.2 Å². The number of imidazole rings is 1. The van der Waals surface area contributed by atoms with E-state index in [1.165, 1.54) is 13.3 Å². The molecule has 0 aliphatic heterocycles. The third-order valence-electron chi connectivity index (χ3n) is 1.99. The Morgan fingerprint density at radius 2 is 2.19 bits per heavy atom. The van der Waals surface area contributed by atoms with Crippen LogP contribution in [-0.4, -0.2) is 27.3 Å². The molecule has 2 aromatic heterocycles. The second-order valence-corrected chi connectivity index (χ2v) is 2.85. The summed E-state index contributed by atoms with van der Waals surface area (Å²) in [7, 11) is 1.48.